The third-order valence-electron chi connectivity index (χ3n) is 5.14. The molecule has 0 bridgehead atoms. The first-order valence-corrected chi connectivity index (χ1v) is 11.1. The second kappa shape index (κ2) is 13.3. The van der Waals surface area contributed by atoms with Crippen molar-refractivity contribution in [2.45, 2.75) is 32.4 Å². The van der Waals surface area contributed by atoms with Crippen molar-refractivity contribution in [3.05, 3.63) is 59.7 Å². The molecule has 2 atom stereocenters. The van der Waals surface area contributed by atoms with Crippen molar-refractivity contribution in [3.63, 3.8) is 0 Å². The lowest BCUT2D eigenvalue weighted by Gasteiger charge is -2.22. The van der Waals surface area contributed by atoms with Gasteiger partial charge in [-0.2, -0.15) is 0 Å². The Labute approximate surface area is 198 Å². The standard InChI is InChI=1S/C24H32N4O6/c1-3-17-4-6-18(7-5-17)19-8-10-20(11-9-19)22(31)27-21(16(2)30)23(32)25-12-14-28(34)24(33)26-13-15-29/h4-11,16,21,29-30,34H,3,12-15H2,1-2H3,(H,25,32)(H,26,33)(H,27,31)/t16-,21+/m1/s1. The van der Waals surface area contributed by atoms with Crippen LogP contribution in [0.25, 0.3) is 11.1 Å². The van der Waals surface area contributed by atoms with Gasteiger partial charge in [0.15, 0.2) is 0 Å². The van der Waals surface area contributed by atoms with E-state index in [1.54, 1.807) is 12.1 Å². The smallest absolute Gasteiger partial charge is 0.341 e. The van der Waals surface area contributed by atoms with Gasteiger partial charge in [0.05, 0.1) is 19.3 Å². The molecule has 4 amide bonds. The number of urea groups is 1. The van der Waals surface area contributed by atoms with Crippen molar-refractivity contribution in [2.24, 2.45) is 0 Å². The van der Waals surface area contributed by atoms with E-state index in [-0.39, 0.29) is 26.2 Å². The number of hydrogen-bond donors (Lipinski definition) is 6. The van der Waals surface area contributed by atoms with Crippen molar-refractivity contribution in [2.75, 3.05) is 26.2 Å². The van der Waals surface area contributed by atoms with Gasteiger partial charge in [0, 0.05) is 18.7 Å². The molecular weight excluding hydrogens is 440 g/mol. The number of carbonyl (C=O) groups is 3. The molecule has 0 aliphatic rings. The molecule has 6 N–H and O–H groups in total. The van der Waals surface area contributed by atoms with Crippen LogP contribution in [0.3, 0.4) is 0 Å². The van der Waals surface area contributed by atoms with E-state index in [0.29, 0.717) is 10.6 Å². The fourth-order valence-electron chi connectivity index (χ4n) is 3.13. The molecule has 0 saturated heterocycles. The molecule has 0 aliphatic heterocycles. The number of hydroxylamine groups is 2. The number of benzene rings is 2. The Morgan fingerprint density at radius 1 is 0.941 bits per heavy atom. The molecule has 34 heavy (non-hydrogen) atoms. The molecule has 0 fully saturated rings. The molecule has 0 aliphatic carbocycles. The summed E-state index contributed by atoms with van der Waals surface area (Å²) < 4.78 is 0. The molecule has 0 spiro atoms. The molecule has 10 heteroatoms. The first-order valence-electron chi connectivity index (χ1n) is 11.1. The number of nitrogens with one attached hydrogen (secondary N) is 3. The minimum atomic E-state index is -1.23. The average Bonchev–Trinajstić information content (AvgIpc) is 2.85. The Morgan fingerprint density at radius 3 is 2.06 bits per heavy atom. The van der Waals surface area contributed by atoms with Gasteiger partial charge in [-0.05, 0) is 42.2 Å². The number of aliphatic hydroxyl groups is 2. The van der Waals surface area contributed by atoms with E-state index in [9.17, 15) is 24.7 Å². The summed E-state index contributed by atoms with van der Waals surface area (Å²) in [5, 5.41) is 35.8. The Kier molecular flexibility index (Phi) is 10.5. The van der Waals surface area contributed by atoms with Crippen LogP contribution in [0, 0.1) is 0 Å². The van der Waals surface area contributed by atoms with E-state index < -0.39 is 30.0 Å². The summed E-state index contributed by atoms with van der Waals surface area (Å²) >= 11 is 0. The monoisotopic (exact) mass is 472 g/mol. The summed E-state index contributed by atoms with van der Waals surface area (Å²) in [6.45, 7) is 2.81. The molecule has 0 heterocycles. The van der Waals surface area contributed by atoms with Crippen LogP contribution in [0.2, 0.25) is 0 Å². The summed E-state index contributed by atoms with van der Waals surface area (Å²) in [6, 6.07) is 13.0. The predicted molar refractivity (Wildman–Crippen MR) is 126 cm³/mol. The Bertz CT molecular complexity index is 947. The van der Waals surface area contributed by atoms with Gasteiger partial charge in [-0.1, -0.05) is 43.3 Å². The Morgan fingerprint density at radius 2 is 1.53 bits per heavy atom. The highest BCUT2D eigenvalue weighted by Gasteiger charge is 2.26. The number of aryl methyl sites for hydroxylation is 1. The molecule has 0 unspecified atom stereocenters. The fourth-order valence-corrected chi connectivity index (χ4v) is 3.13. The van der Waals surface area contributed by atoms with Crippen molar-refractivity contribution in [1.82, 2.24) is 21.0 Å². The minimum Gasteiger partial charge on any atom is -0.395 e. The zero-order valence-electron chi connectivity index (χ0n) is 19.3. The van der Waals surface area contributed by atoms with Crippen molar-refractivity contribution < 1.29 is 29.8 Å². The van der Waals surface area contributed by atoms with Crippen LogP contribution < -0.4 is 16.0 Å². The van der Waals surface area contributed by atoms with Crippen LogP contribution in [-0.4, -0.2) is 76.7 Å². The summed E-state index contributed by atoms with van der Waals surface area (Å²) in [5.74, 6) is -1.19. The number of aliphatic hydroxyl groups excluding tert-OH is 2. The maximum absolute atomic E-state index is 12.6. The van der Waals surface area contributed by atoms with E-state index in [1.807, 2.05) is 24.3 Å². The highest BCUT2D eigenvalue weighted by molar-refractivity contribution is 5.98. The van der Waals surface area contributed by atoms with Crippen molar-refractivity contribution >= 4 is 17.8 Å². The molecule has 184 valence electrons. The van der Waals surface area contributed by atoms with Gasteiger partial charge in [-0.25, -0.2) is 9.86 Å². The van der Waals surface area contributed by atoms with Gasteiger partial charge >= 0.3 is 6.03 Å². The molecule has 0 radical (unpaired) electrons. The van der Waals surface area contributed by atoms with E-state index in [0.717, 1.165) is 17.5 Å². The number of carbonyl (C=O) groups excluding carboxylic acids is 3. The van der Waals surface area contributed by atoms with Gasteiger partial charge in [0.2, 0.25) is 5.91 Å². The van der Waals surface area contributed by atoms with Crippen LogP contribution in [0.4, 0.5) is 4.79 Å². The fraction of sp³-hybridized carbons (Fsp3) is 0.375. The molecular formula is C24H32N4O6. The van der Waals surface area contributed by atoms with Crippen LogP contribution in [0.15, 0.2) is 48.5 Å². The van der Waals surface area contributed by atoms with Crippen LogP contribution in [0.5, 0.6) is 0 Å². The van der Waals surface area contributed by atoms with Gasteiger partial charge in [-0.15, -0.1) is 0 Å². The maximum atomic E-state index is 12.6. The lowest BCUT2D eigenvalue weighted by Crippen LogP contribution is -2.53. The summed E-state index contributed by atoms with van der Waals surface area (Å²) in [7, 11) is 0. The number of rotatable bonds is 11. The Hall–Kier alpha value is -3.47. The maximum Gasteiger partial charge on any atom is 0.341 e. The molecule has 2 aromatic rings. The molecule has 10 nitrogen and oxygen atoms in total. The SMILES string of the molecule is CCc1ccc(-c2ccc(C(=O)N[C@H](C(=O)NCCN(O)C(=O)NCCO)[C@@H](C)O)cc2)cc1. The predicted octanol–water partition coefficient (Wildman–Crippen LogP) is 0.905. The Balaban J connectivity index is 1.93. The largest absolute Gasteiger partial charge is 0.395 e. The molecule has 2 aromatic carbocycles. The average molecular weight is 473 g/mol. The highest BCUT2D eigenvalue weighted by atomic mass is 16.5. The lowest BCUT2D eigenvalue weighted by atomic mass is 10.0. The van der Waals surface area contributed by atoms with E-state index in [2.05, 4.69) is 35.0 Å². The van der Waals surface area contributed by atoms with Crippen LogP contribution in [-0.2, 0) is 11.2 Å². The lowest BCUT2D eigenvalue weighted by molar-refractivity contribution is -0.125. The molecule has 0 aromatic heterocycles. The number of nitrogens with zero attached hydrogens (tertiary/aromatic N) is 1. The third kappa shape index (κ3) is 7.84. The quantitative estimate of drug-likeness (QED) is 0.211. The molecule has 0 saturated carbocycles. The van der Waals surface area contributed by atoms with Gasteiger partial charge < -0.3 is 26.2 Å². The van der Waals surface area contributed by atoms with Crippen LogP contribution in [0.1, 0.15) is 29.8 Å². The minimum absolute atomic E-state index is 0.0233. The highest BCUT2D eigenvalue weighted by Crippen LogP contribution is 2.20. The number of hydrogen-bond acceptors (Lipinski definition) is 6. The van der Waals surface area contributed by atoms with Crippen molar-refractivity contribution in [3.8, 4) is 11.1 Å². The van der Waals surface area contributed by atoms with Gasteiger partial charge in [0.1, 0.15) is 6.04 Å². The van der Waals surface area contributed by atoms with Gasteiger partial charge in [-0.3, -0.25) is 14.8 Å². The van der Waals surface area contributed by atoms with Gasteiger partial charge in [0.25, 0.3) is 5.91 Å². The normalized spacial score (nSPS) is 12.4. The summed E-state index contributed by atoms with van der Waals surface area (Å²) in [5.41, 5.74) is 3.53. The molecule has 2 rings (SSSR count). The van der Waals surface area contributed by atoms with Crippen molar-refractivity contribution in [1.29, 1.82) is 0 Å². The zero-order valence-corrected chi connectivity index (χ0v) is 19.3. The van der Waals surface area contributed by atoms with E-state index in [4.69, 9.17) is 5.11 Å². The second-order valence-electron chi connectivity index (χ2n) is 7.69. The number of amides is 4. The van der Waals surface area contributed by atoms with E-state index in [1.165, 1.54) is 12.5 Å². The van der Waals surface area contributed by atoms with E-state index >= 15 is 0 Å². The topological polar surface area (TPSA) is 151 Å². The third-order valence-corrected chi connectivity index (χ3v) is 5.14. The van der Waals surface area contributed by atoms with Crippen LogP contribution >= 0.6 is 0 Å². The first-order chi connectivity index (χ1) is 16.3. The zero-order chi connectivity index (χ0) is 25.1. The first kappa shape index (κ1) is 26.8. The summed E-state index contributed by atoms with van der Waals surface area (Å²) in [6.07, 6.45) is -0.228. The second-order valence-corrected chi connectivity index (χ2v) is 7.69. The summed E-state index contributed by atoms with van der Waals surface area (Å²) in [4.78, 5) is 36.6.